The minimum atomic E-state index is 0.716. The highest BCUT2D eigenvalue weighted by Gasteiger charge is 2.25. The molecule has 0 radical (unpaired) electrons. The van der Waals surface area contributed by atoms with Crippen molar-refractivity contribution in [2.45, 2.75) is 0 Å². The molecule has 28 rings (SSSR count). The predicted octanol–water partition coefficient (Wildman–Crippen LogP) is 38.7. The van der Waals surface area contributed by atoms with E-state index in [1.165, 1.54) is 130 Å². The van der Waals surface area contributed by atoms with E-state index in [1.54, 1.807) is 34.0 Å². The number of benzene rings is 22. The lowest BCUT2D eigenvalue weighted by atomic mass is 9.95. The third-order valence-electron chi connectivity index (χ3n) is 27.9. The number of hydrogen-bond acceptors (Lipinski definition) is 9. The van der Waals surface area contributed by atoms with E-state index >= 15 is 0 Å². The molecule has 0 saturated heterocycles. The van der Waals surface area contributed by atoms with Crippen molar-refractivity contribution in [3.05, 3.63) is 534 Å². The summed E-state index contributed by atoms with van der Waals surface area (Å²) in [5, 5.41) is 10.9. The van der Waals surface area contributed by atoms with Gasteiger partial charge in [0.2, 0.25) is 0 Å². The average molecular weight is 1930 g/mol. The average Bonchev–Trinajstić information content (AvgIpc) is 1.61. The van der Waals surface area contributed by atoms with Crippen LogP contribution in [0.1, 0.15) is 0 Å². The number of rotatable bonds is 16. The zero-order chi connectivity index (χ0) is 97.5. The Morgan fingerprint density at radius 3 is 0.626 bits per heavy atom. The first-order valence-corrected chi connectivity index (χ1v) is 52.0. The largest absolute Gasteiger partial charge is 0.226 e. The first-order chi connectivity index (χ1) is 72.8. The van der Waals surface area contributed by atoms with Gasteiger partial charge >= 0.3 is 0 Å². The van der Waals surface area contributed by atoms with Crippen LogP contribution in [0.25, 0.3) is 272 Å². The molecule has 147 heavy (non-hydrogen) atoms. The zero-order valence-corrected chi connectivity index (χ0v) is 82.2. The molecule has 6 aromatic heterocycles. The summed E-state index contributed by atoms with van der Waals surface area (Å²) in [5.74, 6) is 2.18. The standard InChI is InChI=1S/C50H32N2S.2C44H28N2S/c1-4-12-33(13-5-1)37-20-23-38(24-21-37)47-49-48(45-27-26-41(32-46(45)53-49)40-25-22-36-18-10-11-19-39(36)28-40)52-50(51-47)44-30-42(34-14-6-2-7-15-34)29-43(31-44)35-16-8-3-9-17-35;1-3-10-29(11-4-1)32-18-21-33(22-19-32)41-43-42(46-44(45-41)38-17-9-16-35(27-38)30-12-5-2-6-13-30)39-25-24-37(28-40(39)47-43)36-23-20-31-14-7-8-15-34(31)26-36;1-3-9-29(10-4-1)32-15-20-34(21-16-32)41-43-42(46-44(45-41)35-22-17-33(18-23-35)30-11-5-2-6-12-30)39-26-25-38(28-40(39)47-43)37-24-19-31-13-7-8-14-36(31)27-37/h1-32H;2*1-28H. The van der Waals surface area contributed by atoms with E-state index in [0.717, 1.165) is 137 Å². The minimum Gasteiger partial charge on any atom is -0.226 e. The van der Waals surface area contributed by atoms with E-state index < -0.39 is 0 Å². The predicted molar refractivity (Wildman–Crippen MR) is 624 cm³/mol. The molecule has 0 atom stereocenters. The zero-order valence-electron chi connectivity index (χ0n) is 79.7. The Morgan fingerprint density at radius 2 is 0.313 bits per heavy atom. The fourth-order valence-corrected chi connectivity index (χ4v) is 23.7. The molecule has 22 aromatic carbocycles. The van der Waals surface area contributed by atoms with E-state index in [4.69, 9.17) is 29.9 Å². The van der Waals surface area contributed by atoms with E-state index in [9.17, 15) is 0 Å². The molecule has 0 saturated carbocycles. The maximum atomic E-state index is 5.42. The monoisotopic (exact) mass is 1920 g/mol. The Hall–Kier alpha value is -18.5. The lowest BCUT2D eigenvalue weighted by Crippen LogP contribution is -1.95. The minimum absolute atomic E-state index is 0.716. The Morgan fingerprint density at radius 1 is 0.116 bits per heavy atom. The third kappa shape index (κ3) is 18.0. The van der Waals surface area contributed by atoms with E-state index in [-0.39, 0.29) is 0 Å². The molecule has 0 bridgehead atoms. The summed E-state index contributed by atoms with van der Waals surface area (Å²) in [7, 11) is 0. The summed E-state index contributed by atoms with van der Waals surface area (Å²) in [5.41, 5.74) is 35.7. The Bertz CT molecular complexity index is 9730. The van der Waals surface area contributed by atoms with Crippen LogP contribution in [-0.4, -0.2) is 29.9 Å². The highest BCUT2D eigenvalue weighted by Crippen LogP contribution is 2.48. The summed E-state index contributed by atoms with van der Waals surface area (Å²) in [6, 6.07) is 190. The first kappa shape index (κ1) is 88.7. The normalized spacial score (nSPS) is 11.4. The van der Waals surface area contributed by atoms with Gasteiger partial charge < -0.3 is 0 Å². The van der Waals surface area contributed by atoms with E-state index in [2.05, 4.69) is 522 Å². The van der Waals surface area contributed by atoms with Gasteiger partial charge in [0.05, 0.1) is 47.7 Å². The highest BCUT2D eigenvalue weighted by atomic mass is 32.1. The van der Waals surface area contributed by atoms with Gasteiger partial charge in [0.25, 0.3) is 0 Å². The van der Waals surface area contributed by atoms with Gasteiger partial charge in [0, 0.05) is 63.6 Å². The van der Waals surface area contributed by atoms with Crippen molar-refractivity contribution >= 4 is 127 Å². The summed E-state index contributed by atoms with van der Waals surface area (Å²) in [4.78, 5) is 31.9. The molecule has 0 spiro atoms. The summed E-state index contributed by atoms with van der Waals surface area (Å²) in [6.07, 6.45) is 0. The lowest BCUT2D eigenvalue weighted by Gasteiger charge is -2.12. The van der Waals surface area contributed by atoms with Crippen LogP contribution in [0, 0.1) is 0 Å². The molecule has 0 N–H and O–H groups in total. The lowest BCUT2D eigenvalue weighted by molar-refractivity contribution is 1.24. The number of fused-ring (bicyclic) bond motifs is 12. The van der Waals surface area contributed by atoms with Gasteiger partial charge in [0.1, 0.15) is 0 Å². The maximum absolute atomic E-state index is 5.42. The van der Waals surface area contributed by atoms with Crippen LogP contribution in [0.2, 0.25) is 0 Å². The Balaban J connectivity index is 0.000000112. The van der Waals surface area contributed by atoms with Crippen molar-refractivity contribution in [1.82, 2.24) is 29.9 Å². The van der Waals surface area contributed by atoms with Crippen molar-refractivity contribution in [3.8, 4) is 179 Å². The topological polar surface area (TPSA) is 77.3 Å². The molecule has 0 aliphatic carbocycles. The fraction of sp³-hybridized carbons (Fsp3) is 0. The summed E-state index contributed by atoms with van der Waals surface area (Å²) < 4.78 is 6.91. The van der Waals surface area contributed by atoms with Crippen molar-refractivity contribution in [3.63, 3.8) is 0 Å². The van der Waals surface area contributed by atoms with Gasteiger partial charge in [0.15, 0.2) is 17.5 Å². The third-order valence-corrected chi connectivity index (χ3v) is 31.3. The molecule has 28 aromatic rings. The van der Waals surface area contributed by atoms with Crippen molar-refractivity contribution in [2.75, 3.05) is 0 Å². The number of aromatic nitrogens is 6. The molecule has 0 fully saturated rings. The molecular formula is C138H88N6S3. The van der Waals surface area contributed by atoms with Crippen LogP contribution in [0.5, 0.6) is 0 Å². The maximum Gasteiger partial charge on any atom is 0.160 e. The molecular weight excluding hydrogens is 1840 g/mol. The summed E-state index contributed by atoms with van der Waals surface area (Å²) in [6.45, 7) is 0. The molecule has 0 aliphatic heterocycles. The molecule has 6 nitrogen and oxygen atoms in total. The van der Waals surface area contributed by atoms with Crippen LogP contribution < -0.4 is 0 Å². The van der Waals surface area contributed by atoms with E-state index in [0.29, 0.717) is 5.82 Å². The van der Waals surface area contributed by atoms with Gasteiger partial charge in [-0.1, -0.05) is 473 Å². The van der Waals surface area contributed by atoms with Crippen LogP contribution in [0.15, 0.2) is 534 Å². The van der Waals surface area contributed by atoms with Crippen LogP contribution >= 0.6 is 34.0 Å². The van der Waals surface area contributed by atoms with Crippen LogP contribution in [0.3, 0.4) is 0 Å². The van der Waals surface area contributed by atoms with Gasteiger partial charge in [-0.05, 0) is 204 Å². The molecule has 688 valence electrons. The van der Waals surface area contributed by atoms with Gasteiger partial charge in [-0.25, -0.2) is 29.9 Å². The molecule has 6 heterocycles. The SMILES string of the molecule is c1ccc(-c2ccc(-c3nc(-c4cc(-c5ccccc5)cc(-c5ccccc5)c4)nc4c3sc3cc(-c5ccc6ccccc6c5)ccc34)cc2)cc1.c1ccc(-c2ccc(-c3nc(-c4ccc(-c5ccccc5)cc4)c4sc5cc(-c6ccc7ccccc7c6)ccc5c4n3)cc2)cc1.c1ccc(-c2ccc(-c3nc(-c4cccc(-c5ccccc5)c4)nc4c3sc3cc(-c5ccc6ccccc6c5)ccc34)cc2)cc1. The van der Waals surface area contributed by atoms with Crippen molar-refractivity contribution in [1.29, 1.82) is 0 Å². The second kappa shape index (κ2) is 39.1. The fourth-order valence-electron chi connectivity index (χ4n) is 20.2. The second-order valence-electron chi connectivity index (χ2n) is 37.1. The molecule has 0 amide bonds. The quantitative estimate of drug-likeness (QED) is 0.0959. The highest BCUT2D eigenvalue weighted by molar-refractivity contribution is 7.27. The molecule has 0 aliphatic rings. The smallest absolute Gasteiger partial charge is 0.160 e. The van der Waals surface area contributed by atoms with Crippen molar-refractivity contribution in [2.24, 2.45) is 0 Å². The van der Waals surface area contributed by atoms with Crippen LogP contribution in [0.4, 0.5) is 0 Å². The Labute approximate surface area is 863 Å². The van der Waals surface area contributed by atoms with Crippen molar-refractivity contribution < 1.29 is 0 Å². The van der Waals surface area contributed by atoms with E-state index in [1.807, 2.05) is 12.1 Å². The van der Waals surface area contributed by atoms with Crippen LogP contribution in [-0.2, 0) is 0 Å². The number of nitrogens with zero attached hydrogens (tertiary/aromatic N) is 6. The number of thiophene rings is 3. The Kier molecular flexibility index (Phi) is 23.6. The number of hydrogen-bond donors (Lipinski definition) is 0. The molecule has 9 heteroatoms. The molecule has 0 unspecified atom stereocenters. The van der Waals surface area contributed by atoms with Gasteiger partial charge in [-0.2, -0.15) is 0 Å². The summed E-state index contributed by atoms with van der Waals surface area (Å²) >= 11 is 5.32. The van der Waals surface area contributed by atoms with Gasteiger partial charge in [-0.3, -0.25) is 0 Å². The van der Waals surface area contributed by atoms with Gasteiger partial charge in [-0.15, -0.1) is 34.0 Å². The second-order valence-corrected chi connectivity index (χ2v) is 40.3. The first-order valence-electron chi connectivity index (χ1n) is 49.5.